The lowest BCUT2D eigenvalue weighted by Crippen LogP contribution is -2.04. The predicted molar refractivity (Wildman–Crippen MR) is 39.6 cm³/mol. The molecular formula is C6H12O2S. The van der Waals surface area contributed by atoms with E-state index in [9.17, 15) is 4.79 Å². The average Bonchev–Trinajstić information content (AvgIpc) is 1.84. The maximum atomic E-state index is 10.7. The molecule has 0 heterocycles. The maximum Gasteiger partial charge on any atom is 0.306 e. The van der Waals surface area contributed by atoms with E-state index in [1.807, 2.05) is 0 Å². The Kier molecular flexibility index (Phi) is 3.04. The summed E-state index contributed by atoms with van der Waals surface area (Å²) in [5.41, 5.74) is 0. The monoisotopic (exact) mass is 151 g/mol. The van der Waals surface area contributed by atoms with E-state index in [2.05, 4.69) is 4.74 Å². The van der Waals surface area contributed by atoms with Crippen LogP contribution in [-0.2, 0) is 9.53 Å². The highest BCUT2D eigenvalue weighted by Crippen LogP contribution is 1.96. The van der Waals surface area contributed by atoms with Gasteiger partial charge < -0.3 is 4.74 Å². The number of rotatable bonds is 4. The van der Waals surface area contributed by atoms with Crippen molar-refractivity contribution in [2.45, 2.75) is 13.3 Å². The van der Waals surface area contributed by atoms with Gasteiger partial charge >= 0.3 is 5.97 Å². The minimum atomic E-state index is -2.01. The van der Waals surface area contributed by atoms with Gasteiger partial charge in [0, 0.05) is 9.87 Å². The van der Waals surface area contributed by atoms with Gasteiger partial charge in [-0.3, -0.25) is 4.79 Å². The summed E-state index contributed by atoms with van der Waals surface area (Å²) in [6.07, 6.45) is -1.84. The Morgan fingerprint density at radius 3 is 3.22 bits per heavy atom. The van der Waals surface area contributed by atoms with E-state index in [0.29, 0.717) is 6.61 Å². The van der Waals surface area contributed by atoms with Crippen LogP contribution in [0.3, 0.4) is 0 Å². The van der Waals surface area contributed by atoms with Crippen LogP contribution in [-0.4, -0.2) is 24.5 Å². The second-order valence-corrected chi connectivity index (χ2v) is 2.10. The minimum Gasteiger partial charge on any atom is -0.466 e. The van der Waals surface area contributed by atoms with Gasteiger partial charge in [-0.15, -0.1) is 0 Å². The van der Waals surface area contributed by atoms with Gasteiger partial charge in [0.05, 0.1) is 13.0 Å². The molecule has 0 amide bonds. The van der Waals surface area contributed by atoms with E-state index in [1.54, 1.807) is 6.92 Å². The van der Waals surface area contributed by atoms with Crippen molar-refractivity contribution in [1.29, 1.82) is 0 Å². The van der Waals surface area contributed by atoms with E-state index in [4.69, 9.17) is 4.11 Å². The number of esters is 1. The van der Waals surface area contributed by atoms with Crippen molar-refractivity contribution in [3.8, 4) is 0 Å². The van der Waals surface area contributed by atoms with E-state index < -0.39 is 6.18 Å². The molecule has 0 saturated heterocycles. The van der Waals surface area contributed by atoms with Crippen molar-refractivity contribution in [3.63, 3.8) is 0 Å². The molecule has 0 fully saturated rings. The fraction of sp³-hybridized carbons (Fsp3) is 0.833. The molecule has 0 aromatic heterocycles. The van der Waals surface area contributed by atoms with Gasteiger partial charge in [0.25, 0.3) is 0 Å². The Hall–Kier alpha value is -0.180. The Balaban J connectivity index is 3.37. The molecule has 0 atom stereocenters. The quantitative estimate of drug-likeness (QED) is 0.566. The first-order valence-electron chi connectivity index (χ1n) is 4.25. The first kappa shape index (κ1) is 4.61. The summed E-state index contributed by atoms with van der Waals surface area (Å²) in [7, 11) is 0. The van der Waals surface area contributed by atoms with Gasteiger partial charge in [-0.2, -0.15) is 11.8 Å². The number of hydrogen-bond acceptors (Lipinski definition) is 3. The molecular weight excluding hydrogens is 136 g/mol. The first-order valence-corrected chi connectivity index (χ1v) is 3.74. The standard InChI is InChI=1S/C6H12O2S/c1-3-8-6(7)4-5-9-2/h3-5H2,1-2H3/i2D3. The van der Waals surface area contributed by atoms with Gasteiger partial charge in [-0.05, 0) is 13.1 Å². The van der Waals surface area contributed by atoms with Gasteiger partial charge in [0.2, 0.25) is 0 Å². The van der Waals surface area contributed by atoms with Crippen molar-refractivity contribution in [1.82, 2.24) is 0 Å². The summed E-state index contributed by atoms with van der Waals surface area (Å²) in [5.74, 6) is -0.0516. The van der Waals surface area contributed by atoms with Crippen molar-refractivity contribution >= 4 is 17.7 Å². The second kappa shape index (κ2) is 5.95. The van der Waals surface area contributed by atoms with Gasteiger partial charge in [0.15, 0.2) is 0 Å². The first-order chi connectivity index (χ1) is 5.45. The summed E-state index contributed by atoms with van der Waals surface area (Å²) in [6.45, 7) is 2.06. The molecule has 2 nitrogen and oxygen atoms in total. The summed E-state index contributed by atoms with van der Waals surface area (Å²) < 4.78 is 25.1. The summed E-state index contributed by atoms with van der Waals surface area (Å²) in [4.78, 5) is 10.7. The van der Waals surface area contributed by atoms with Crippen LogP contribution in [0.1, 0.15) is 17.5 Å². The largest absolute Gasteiger partial charge is 0.466 e. The molecule has 9 heavy (non-hydrogen) atoms. The molecule has 3 heteroatoms. The van der Waals surface area contributed by atoms with Crippen molar-refractivity contribution < 1.29 is 13.6 Å². The van der Waals surface area contributed by atoms with Gasteiger partial charge in [-0.25, -0.2) is 0 Å². The molecule has 0 spiro atoms. The highest BCUT2D eigenvalue weighted by atomic mass is 32.2. The summed E-state index contributed by atoms with van der Waals surface area (Å²) >= 11 is 0.787. The maximum absolute atomic E-state index is 10.7. The van der Waals surface area contributed by atoms with Crippen LogP contribution < -0.4 is 0 Å². The normalized spacial score (nSPS) is 15.4. The predicted octanol–water partition coefficient (Wildman–Crippen LogP) is 1.30. The minimum absolute atomic E-state index is 0.164. The van der Waals surface area contributed by atoms with Crippen LogP contribution in [0.2, 0.25) is 0 Å². The van der Waals surface area contributed by atoms with Crippen LogP contribution in [0.15, 0.2) is 0 Å². The highest BCUT2D eigenvalue weighted by molar-refractivity contribution is 7.98. The number of hydrogen-bond donors (Lipinski definition) is 0. The molecule has 0 aliphatic carbocycles. The number of thioether (sulfide) groups is 1. The molecule has 54 valence electrons. The molecule has 0 rings (SSSR count). The molecule has 0 aliphatic rings. The summed E-state index contributed by atoms with van der Waals surface area (Å²) in [6, 6.07) is 0. The van der Waals surface area contributed by atoms with E-state index in [1.165, 1.54) is 0 Å². The topological polar surface area (TPSA) is 26.3 Å². The lowest BCUT2D eigenvalue weighted by atomic mass is 10.5. The molecule has 0 unspecified atom stereocenters. The average molecular weight is 151 g/mol. The van der Waals surface area contributed by atoms with Crippen LogP contribution in [0, 0.1) is 0 Å². The molecule has 0 aliphatic heterocycles. The fourth-order valence-electron chi connectivity index (χ4n) is 0.368. The van der Waals surface area contributed by atoms with E-state index in [-0.39, 0.29) is 18.1 Å². The Labute approximate surface area is 64.2 Å². The molecule has 0 aromatic rings. The number of carbonyl (C=O) groups excluding carboxylic acids is 1. The van der Waals surface area contributed by atoms with Crippen molar-refractivity contribution in [2.24, 2.45) is 0 Å². The Morgan fingerprint density at radius 1 is 1.89 bits per heavy atom. The van der Waals surface area contributed by atoms with E-state index >= 15 is 0 Å². The third kappa shape index (κ3) is 5.69. The van der Waals surface area contributed by atoms with Gasteiger partial charge in [-0.1, -0.05) is 0 Å². The molecule has 0 aromatic carbocycles. The van der Waals surface area contributed by atoms with E-state index in [0.717, 1.165) is 11.8 Å². The lowest BCUT2D eigenvalue weighted by Gasteiger charge is -1.97. The number of carbonyl (C=O) groups is 1. The third-order valence-corrected chi connectivity index (χ3v) is 1.12. The molecule has 0 radical (unpaired) electrons. The van der Waals surface area contributed by atoms with Crippen LogP contribution in [0.4, 0.5) is 0 Å². The van der Waals surface area contributed by atoms with Crippen LogP contribution in [0.5, 0.6) is 0 Å². The SMILES string of the molecule is [2H]C([2H])([2H])SCCC(=O)OCC. The molecule has 0 N–H and O–H groups in total. The van der Waals surface area contributed by atoms with Crippen molar-refractivity contribution in [2.75, 3.05) is 18.5 Å². The van der Waals surface area contributed by atoms with Crippen LogP contribution in [0.25, 0.3) is 0 Å². The Morgan fingerprint density at radius 2 is 2.67 bits per heavy atom. The Bertz CT molecular complexity index is 146. The zero-order valence-electron chi connectivity index (χ0n) is 8.35. The van der Waals surface area contributed by atoms with Crippen LogP contribution >= 0.6 is 11.8 Å². The second-order valence-electron chi connectivity index (χ2n) is 1.40. The third-order valence-electron chi connectivity index (χ3n) is 0.714. The van der Waals surface area contributed by atoms with Gasteiger partial charge in [0.1, 0.15) is 0 Å². The lowest BCUT2D eigenvalue weighted by molar-refractivity contribution is -0.142. The van der Waals surface area contributed by atoms with Crippen molar-refractivity contribution in [3.05, 3.63) is 0 Å². The highest BCUT2D eigenvalue weighted by Gasteiger charge is 1.97. The zero-order chi connectivity index (χ0) is 9.61. The number of ether oxygens (including phenoxy) is 1. The molecule has 0 saturated carbocycles. The zero-order valence-corrected chi connectivity index (χ0v) is 6.16. The summed E-state index contributed by atoms with van der Waals surface area (Å²) in [5, 5.41) is 0. The fourth-order valence-corrected chi connectivity index (χ4v) is 0.636. The smallest absolute Gasteiger partial charge is 0.306 e. The molecule has 0 bridgehead atoms.